The number of nitrogens with one attached hydrogen (secondary N) is 1. The Morgan fingerprint density at radius 1 is 1.41 bits per heavy atom. The van der Waals surface area contributed by atoms with E-state index in [1.54, 1.807) is 32.9 Å². The first-order valence-electron chi connectivity index (χ1n) is 8.91. The van der Waals surface area contributed by atoms with E-state index in [4.69, 9.17) is 14.3 Å². The molecule has 2 aliphatic rings. The summed E-state index contributed by atoms with van der Waals surface area (Å²) in [7, 11) is 0. The van der Waals surface area contributed by atoms with Crippen LogP contribution in [0.1, 0.15) is 39.2 Å². The first-order chi connectivity index (χ1) is 12.8. The molecular weight excluding hydrogens is 355 g/mol. The second-order valence-corrected chi connectivity index (χ2v) is 7.26. The van der Waals surface area contributed by atoms with Crippen LogP contribution in [0.2, 0.25) is 0 Å². The van der Waals surface area contributed by atoms with Crippen molar-refractivity contribution in [1.82, 2.24) is 5.32 Å². The summed E-state index contributed by atoms with van der Waals surface area (Å²) in [6.07, 6.45) is -0.354. The average molecular weight is 378 g/mol. The molecule has 1 fully saturated rings. The molecule has 3 rings (SSSR count). The third-order valence-electron chi connectivity index (χ3n) is 4.45. The topological polar surface area (TPSA) is 86.2 Å². The predicted molar refractivity (Wildman–Crippen MR) is 94.6 cm³/mol. The van der Waals surface area contributed by atoms with Crippen molar-refractivity contribution in [2.45, 2.75) is 57.5 Å². The fraction of sp³-hybridized carbons (Fsp3) is 0.526. The molecule has 0 bridgehead atoms. The zero-order valence-corrected chi connectivity index (χ0v) is 15.5. The van der Waals surface area contributed by atoms with Gasteiger partial charge in [-0.2, -0.15) is 0 Å². The molecule has 0 spiro atoms. The lowest BCUT2D eigenvalue weighted by molar-refractivity contribution is -0.158. The zero-order chi connectivity index (χ0) is 19.6. The highest BCUT2D eigenvalue weighted by atomic mass is 19.1. The fourth-order valence-electron chi connectivity index (χ4n) is 3.02. The molecule has 2 heterocycles. The summed E-state index contributed by atoms with van der Waals surface area (Å²) < 4.78 is 24.0. The normalized spacial score (nSPS) is 27.2. The van der Waals surface area contributed by atoms with Crippen molar-refractivity contribution in [2.75, 3.05) is 6.61 Å². The number of ether oxygens (including phenoxy) is 2. The van der Waals surface area contributed by atoms with Gasteiger partial charge >= 0.3 is 5.97 Å². The molecule has 1 aromatic rings. The number of carbonyl (C=O) groups excluding carboxylic acids is 2. The Morgan fingerprint density at radius 3 is 2.89 bits per heavy atom. The summed E-state index contributed by atoms with van der Waals surface area (Å²) in [6, 6.07) is 5.66. The average Bonchev–Trinajstić information content (AvgIpc) is 3.22. The van der Waals surface area contributed by atoms with E-state index < -0.39 is 17.7 Å². The summed E-state index contributed by atoms with van der Waals surface area (Å²) in [6.45, 7) is 5.37. The van der Waals surface area contributed by atoms with Gasteiger partial charge < -0.3 is 19.6 Å². The van der Waals surface area contributed by atoms with Crippen molar-refractivity contribution in [2.24, 2.45) is 5.16 Å². The number of rotatable bonds is 5. The number of hydrogen-bond donors (Lipinski definition) is 1. The van der Waals surface area contributed by atoms with Crippen molar-refractivity contribution in [3.63, 3.8) is 0 Å². The van der Waals surface area contributed by atoms with Crippen molar-refractivity contribution >= 4 is 17.6 Å². The molecule has 0 saturated carbocycles. The lowest BCUT2D eigenvalue weighted by Gasteiger charge is -2.22. The van der Waals surface area contributed by atoms with Gasteiger partial charge in [-0.15, -0.1) is 0 Å². The summed E-state index contributed by atoms with van der Waals surface area (Å²) in [5, 5.41) is 6.79. The molecule has 1 saturated heterocycles. The molecule has 7 nitrogen and oxygen atoms in total. The second-order valence-electron chi connectivity index (χ2n) is 7.26. The van der Waals surface area contributed by atoms with Crippen LogP contribution in [0.5, 0.6) is 0 Å². The number of oxime groups is 1. The lowest BCUT2D eigenvalue weighted by atomic mass is 9.94. The molecule has 146 valence electrons. The van der Waals surface area contributed by atoms with Crippen LogP contribution in [0, 0.1) is 5.82 Å². The largest absolute Gasteiger partial charge is 0.461 e. The van der Waals surface area contributed by atoms with E-state index in [9.17, 15) is 14.0 Å². The third kappa shape index (κ3) is 4.44. The van der Waals surface area contributed by atoms with Gasteiger partial charge in [0.05, 0.1) is 24.5 Å². The van der Waals surface area contributed by atoms with Gasteiger partial charge in [0.1, 0.15) is 5.82 Å². The first-order valence-corrected chi connectivity index (χ1v) is 8.91. The summed E-state index contributed by atoms with van der Waals surface area (Å²) in [5.74, 6) is -1.17. The molecule has 27 heavy (non-hydrogen) atoms. The van der Waals surface area contributed by atoms with Crippen molar-refractivity contribution in [1.29, 1.82) is 0 Å². The Kier molecular flexibility index (Phi) is 5.46. The van der Waals surface area contributed by atoms with E-state index in [-0.39, 0.29) is 36.9 Å². The maximum absolute atomic E-state index is 13.4. The summed E-state index contributed by atoms with van der Waals surface area (Å²) in [4.78, 5) is 29.9. The van der Waals surface area contributed by atoms with Crippen LogP contribution >= 0.6 is 0 Å². The molecule has 8 heteroatoms. The predicted octanol–water partition coefficient (Wildman–Crippen LogP) is 1.93. The maximum atomic E-state index is 13.4. The number of nitrogens with zero attached hydrogens (tertiary/aromatic N) is 1. The van der Waals surface area contributed by atoms with Crippen molar-refractivity contribution < 1.29 is 28.3 Å². The molecule has 3 atom stereocenters. The molecule has 0 radical (unpaired) electrons. The Balaban J connectivity index is 1.55. The Hall–Kier alpha value is -2.48. The minimum absolute atomic E-state index is 0.217. The Morgan fingerprint density at radius 2 is 2.19 bits per heavy atom. The van der Waals surface area contributed by atoms with Crippen LogP contribution in [-0.2, 0) is 23.9 Å². The van der Waals surface area contributed by atoms with Gasteiger partial charge in [-0.05, 0) is 32.9 Å². The van der Waals surface area contributed by atoms with E-state index in [0.717, 1.165) is 0 Å². The van der Waals surface area contributed by atoms with Crippen LogP contribution < -0.4 is 5.32 Å². The highest BCUT2D eigenvalue weighted by Gasteiger charge is 2.44. The SMILES string of the molecule is CC(C)OC(=O)[C@H]1C[C@@H](NC(=O)C2(C)CC(c3cccc(F)c3)=NO2)CO1. The van der Waals surface area contributed by atoms with Crippen molar-refractivity contribution in [3.8, 4) is 0 Å². The fourth-order valence-corrected chi connectivity index (χ4v) is 3.02. The van der Waals surface area contributed by atoms with Gasteiger partial charge in [-0.25, -0.2) is 9.18 Å². The second kappa shape index (κ2) is 7.64. The minimum Gasteiger partial charge on any atom is -0.461 e. The van der Waals surface area contributed by atoms with Gasteiger partial charge in [0, 0.05) is 18.4 Å². The zero-order valence-electron chi connectivity index (χ0n) is 15.5. The van der Waals surface area contributed by atoms with E-state index in [1.165, 1.54) is 12.1 Å². The van der Waals surface area contributed by atoms with E-state index in [2.05, 4.69) is 10.5 Å². The molecule has 0 aliphatic carbocycles. The van der Waals surface area contributed by atoms with E-state index >= 15 is 0 Å². The highest BCUT2D eigenvalue weighted by Crippen LogP contribution is 2.28. The van der Waals surface area contributed by atoms with Crippen LogP contribution in [0.25, 0.3) is 0 Å². The van der Waals surface area contributed by atoms with Crippen LogP contribution in [0.15, 0.2) is 29.4 Å². The molecule has 2 aliphatic heterocycles. The molecule has 1 unspecified atom stereocenters. The van der Waals surface area contributed by atoms with Crippen LogP contribution in [-0.4, -0.2) is 48.0 Å². The van der Waals surface area contributed by atoms with E-state index in [1.807, 2.05) is 0 Å². The van der Waals surface area contributed by atoms with Gasteiger partial charge in [-0.1, -0.05) is 17.3 Å². The van der Waals surface area contributed by atoms with Crippen molar-refractivity contribution in [3.05, 3.63) is 35.6 Å². The molecule has 1 aromatic carbocycles. The standard InChI is InChI=1S/C19H23FN2O5/c1-11(2)26-17(23)16-8-14(10-25-16)21-18(24)19(3)9-15(22-27-19)12-5-4-6-13(20)7-12/h4-7,11,14,16H,8-10H2,1-3H3,(H,21,24)/t14-,16-,19?/m1/s1. The number of carbonyl (C=O) groups is 2. The van der Waals surface area contributed by atoms with E-state index in [0.29, 0.717) is 17.7 Å². The monoisotopic (exact) mass is 378 g/mol. The lowest BCUT2D eigenvalue weighted by Crippen LogP contribution is -2.49. The van der Waals surface area contributed by atoms with Crippen LogP contribution in [0.3, 0.4) is 0 Å². The quantitative estimate of drug-likeness (QED) is 0.792. The van der Waals surface area contributed by atoms with Crippen LogP contribution in [0.4, 0.5) is 4.39 Å². The highest BCUT2D eigenvalue weighted by molar-refractivity contribution is 6.05. The summed E-state index contributed by atoms with van der Waals surface area (Å²) in [5.41, 5.74) is -0.113. The maximum Gasteiger partial charge on any atom is 0.335 e. The number of benzene rings is 1. The van der Waals surface area contributed by atoms with Gasteiger partial charge in [0.2, 0.25) is 5.60 Å². The van der Waals surface area contributed by atoms with Gasteiger partial charge in [0.25, 0.3) is 5.91 Å². The number of halogens is 1. The molecular formula is C19H23FN2O5. The number of esters is 1. The first kappa shape index (κ1) is 19.3. The minimum atomic E-state index is -1.20. The Bertz CT molecular complexity index is 766. The molecule has 0 aromatic heterocycles. The number of amides is 1. The Labute approximate surface area is 156 Å². The van der Waals surface area contributed by atoms with Gasteiger partial charge in [0.15, 0.2) is 6.10 Å². The smallest absolute Gasteiger partial charge is 0.335 e. The molecule has 1 N–H and O–H groups in total. The van der Waals surface area contributed by atoms with Gasteiger partial charge in [-0.3, -0.25) is 4.79 Å². The third-order valence-corrected chi connectivity index (χ3v) is 4.45. The number of hydrogen-bond acceptors (Lipinski definition) is 6. The summed E-state index contributed by atoms with van der Waals surface area (Å²) >= 11 is 0. The molecule has 1 amide bonds.